The number of carbonyl (C=O) groups excluding carboxylic acids is 1. The van der Waals surface area contributed by atoms with Crippen molar-refractivity contribution < 1.29 is 4.79 Å². The summed E-state index contributed by atoms with van der Waals surface area (Å²) in [6, 6.07) is 13.0. The van der Waals surface area contributed by atoms with E-state index in [9.17, 15) is 4.79 Å². The molecule has 1 fully saturated rings. The number of benzene rings is 1. The Hall–Kier alpha value is -2.71. The Morgan fingerprint density at radius 3 is 2.84 bits per heavy atom. The third-order valence-electron chi connectivity index (χ3n) is 4.58. The van der Waals surface area contributed by atoms with Crippen LogP contribution in [0.3, 0.4) is 0 Å². The first-order valence-corrected chi connectivity index (χ1v) is 8.52. The minimum absolute atomic E-state index is 0.0573. The molecule has 1 aliphatic heterocycles. The Balaban J connectivity index is 1.52. The fourth-order valence-corrected chi connectivity index (χ4v) is 3.34. The molecule has 1 aromatic heterocycles. The van der Waals surface area contributed by atoms with Gasteiger partial charge in [0.05, 0.1) is 11.6 Å². The molecule has 25 heavy (non-hydrogen) atoms. The lowest BCUT2D eigenvalue weighted by Gasteiger charge is -2.21. The van der Waals surface area contributed by atoms with Crippen molar-refractivity contribution >= 4 is 5.91 Å². The van der Waals surface area contributed by atoms with Gasteiger partial charge < -0.3 is 9.80 Å². The van der Waals surface area contributed by atoms with Gasteiger partial charge in [-0.15, -0.1) is 0 Å². The van der Waals surface area contributed by atoms with Crippen LogP contribution in [0.1, 0.15) is 27.9 Å². The number of amides is 1. The highest BCUT2D eigenvalue weighted by molar-refractivity contribution is 5.94. The smallest absolute Gasteiger partial charge is 0.253 e. The van der Waals surface area contributed by atoms with Gasteiger partial charge >= 0.3 is 0 Å². The number of pyridine rings is 1. The van der Waals surface area contributed by atoms with E-state index in [1.54, 1.807) is 30.5 Å². The van der Waals surface area contributed by atoms with Crippen LogP contribution in [0.15, 0.2) is 48.8 Å². The van der Waals surface area contributed by atoms with Crippen LogP contribution in [0.2, 0.25) is 0 Å². The lowest BCUT2D eigenvalue weighted by Crippen LogP contribution is -2.31. The third-order valence-corrected chi connectivity index (χ3v) is 4.58. The Bertz CT molecular complexity index is 752. The van der Waals surface area contributed by atoms with E-state index in [1.165, 1.54) is 5.56 Å². The lowest BCUT2D eigenvalue weighted by atomic mass is 10.1. The number of aromatic nitrogens is 1. The second kappa shape index (κ2) is 7.91. The molecule has 5 nitrogen and oxygen atoms in total. The van der Waals surface area contributed by atoms with Gasteiger partial charge in [0, 0.05) is 44.1 Å². The van der Waals surface area contributed by atoms with Crippen molar-refractivity contribution in [3.63, 3.8) is 0 Å². The van der Waals surface area contributed by atoms with Crippen molar-refractivity contribution in [2.24, 2.45) is 5.92 Å². The average Bonchev–Trinajstić information content (AvgIpc) is 3.10. The molecule has 128 valence electrons. The fraction of sp³-hybridized carbons (Fsp3) is 0.350. The Kier molecular flexibility index (Phi) is 5.42. The first-order valence-electron chi connectivity index (χ1n) is 8.52. The van der Waals surface area contributed by atoms with E-state index < -0.39 is 0 Å². The summed E-state index contributed by atoms with van der Waals surface area (Å²) in [5, 5.41) is 8.85. The summed E-state index contributed by atoms with van der Waals surface area (Å²) in [5.74, 6) is 0.547. The predicted octanol–water partition coefficient (Wildman–Crippen LogP) is 2.55. The van der Waals surface area contributed by atoms with Crippen molar-refractivity contribution in [2.75, 3.05) is 26.7 Å². The highest BCUT2D eigenvalue weighted by atomic mass is 16.2. The van der Waals surface area contributed by atoms with Gasteiger partial charge in [-0.25, -0.2) is 0 Å². The third kappa shape index (κ3) is 4.43. The van der Waals surface area contributed by atoms with Crippen LogP contribution in [0.4, 0.5) is 0 Å². The highest BCUT2D eigenvalue weighted by Gasteiger charge is 2.27. The van der Waals surface area contributed by atoms with Gasteiger partial charge in [0.25, 0.3) is 5.91 Å². The van der Waals surface area contributed by atoms with Gasteiger partial charge in [0.2, 0.25) is 0 Å². The Morgan fingerprint density at radius 2 is 2.16 bits per heavy atom. The molecule has 1 amide bonds. The zero-order valence-corrected chi connectivity index (χ0v) is 14.4. The summed E-state index contributed by atoms with van der Waals surface area (Å²) in [6.45, 7) is 3.42. The molecule has 0 N–H and O–H groups in total. The van der Waals surface area contributed by atoms with Crippen LogP contribution in [0.25, 0.3) is 0 Å². The predicted molar refractivity (Wildman–Crippen MR) is 95.7 cm³/mol. The normalized spacial score (nSPS) is 16.8. The molecular weight excluding hydrogens is 312 g/mol. The first kappa shape index (κ1) is 17.1. The largest absolute Gasteiger partial charge is 0.338 e. The molecule has 0 radical (unpaired) electrons. The van der Waals surface area contributed by atoms with E-state index >= 15 is 0 Å². The van der Waals surface area contributed by atoms with E-state index in [-0.39, 0.29) is 5.91 Å². The van der Waals surface area contributed by atoms with Gasteiger partial charge in [-0.1, -0.05) is 6.07 Å². The van der Waals surface area contributed by atoms with Gasteiger partial charge in [-0.3, -0.25) is 9.78 Å². The number of rotatable bonds is 5. The zero-order valence-electron chi connectivity index (χ0n) is 14.4. The van der Waals surface area contributed by atoms with Crippen LogP contribution < -0.4 is 0 Å². The SMILES string of the molecule is CN(Cc1cccnc1)C[C@@H]1CCN(C(=O)c2ccc(C#N)cc2)C1. The lowest BCUT2D eigenvalue weighted by molar-refractivity contribution is 0.0784. The second-order valence-corrected chi connectivity index (χ2v) is 6.65. The summed E-state index contributed by atoms with van der Waals surface area (Å²) in [7, 11) is 2.11. The van der Waals surface area contributed by atoms with E-state index in [0.717, 1.165) is 32.6 Å². The molecule has 2 aromatic rings. The number of hydrogen-bond acceptors (Lipinski definition) is 4. The number of carbonyl (C=O) groups is 1. The van der Waals surface area contributed by atoms with E-state index in [2.05, 4.69) is 29.1 Å². The molecule has 0 unspecified atom stereocenters. The van der Waals surface area contributed by atoms with E-state index in [4.69, 9.17) is 5.26 Å². The maximum Gasteiger partial charge on any atom is 0.253 e. The van der Waals surface area contributed by atoms with Gasteiger partial charge in [-0.2, -0.15) is 5.26 Å². The summed E-state index contributed by atoms with van der Waals surface area (Å²) >= 11 is 0. The molecule has 0 bridgehead atoms. The Morgan fingerprint density at radius 1 is 1.36 bits per heavy atom. The molecule has 1 saturated heterocycles. The maximum absolute atomic E-state index is 12.6. The molecule has 1 aromatic carbocycles. The van der Waals surface area contributed by atoms with Crippen molar-refractivity contribution in [3.8, 4) is 6.07 Å². The summed E-state index contributed by atoms with van der Waals surface area (Å²) < 4.78 is 0. The summed E-state index contributed by atoms with van der Waals surface area (Å²) in [6.07, 6.45) is 4.71. The molecule has 2 heterocycles. The number of likely N-dealkylation sites (tertiary alicyclic amines) is 1. The average molecular weight is 334 g/mol. The molecule has 5 heteroatoms. The molecule has 1 aliphatic rings. The minimum atomic E-state index is 0.0573. The summed E-state index contributed by atoms with van der Waals surface area (Å²) in [5.41, 5.74) is 2.43. The standard InChI is InChI=1S/C20H22N4O/c1-23(13-17-3-2-9-22-12-17)14-18-8-10-24(15-18)20(25)19-6-4-16(11-21)5-7-19/h2-7,9,12,18H,8,10,13-15H2,1H3/t18-/m0/s1. The van der Waals surface area contributed by atoms with Crippen LogP contribution in [-0.4, -0.2) is 47.4 Å². The van der Waals surface area contributed by atoms with Crippen molar-refractivity contribution in [2.45, 2.75) is 13.0 Å². The molecule has 3 rings (SSSR count). The quantitative estimate of drug-likeness (QED) is 0.843. The summed E-state index contributed by atoms with van der Waals surface area (Å²) in [4.78, 5) is 21.0. The fourth-order valence-electron chi connectivity index (χ4n) is 3.34. The number of nitrogens with zero attached hydrogens (tertiary/aromatic N) is 4. The van der Waals surface area contributed by atoms with Gasteiger partial charge in [-0.05, 0) is 55.3 Å². The van der Waals surface area contributed by atoms with Gasteiger partial charge in [0.1, 0.15) is 0 Å². The van der Waals surface area contributed by atoms with E-state index in [0.29, 0.717) is 17.0 Å². The molecule has 0 spiro atoms. The zero-order chi connectivity index (χ0) is 17.6. The van der Waals surface area contributed by atoms with Crippen molar-refractivity contribution in [1.29, 1.82) is 5.26 Å². The van der Waals surface area contributed by atoms with Gasteiger partial charge in [0.15, 0.2) is 0 Å². The van der Waals surface area contributed by atoms with Crippen LogP contribution in [-0.2, 0) is 6.54 Å². The van der Waals surface area contributed by atoms with Crippen molar-refractivity contribution in [3.05, 3.63) is 65.5 Å². The van der Waals surface area contributed by atoms with Crippen molar-refractivity contribution in [1.82, 2.24) is 14.8 Å². The topological polar surface area (TPSA) is 60.2 Å². The molecule has 0 saturated carbocycles. The molecular formula is C20H22N4O. The second-order valence-electron chi connectivity index (χ2n) is 6.65. The molecule has 1 atom stereocenters. The number of nitriles is 1. The number of hydrogen-bond donors (Lipinski definition) is 0. The van der Waals surface area contributed by atoms with E-state index in [1.807, 2.05) is 17.2 Å². The monoisotopic (exact) mass is 334 g/mol. The Labute approximate surface area is 148 Å². The maximum atomic E-state index is 12.6. The van der Waals surface area contributed by atoms with Crippen LogP contribution in [0, 0.1) is 17.2 Å². The van der Waals surface area contributed by atoms with Crippen LogP contribution >= 0.6 is 0 Å². The van der Waals surface area contributed by atoms with Crippen LogP contribution in [0.5, 0.6) is 0 Å². The molecule has 0 aliphatic carbocycles. The minimum Gasteiger partial charge on any atom is -0.338 e. The highest BCUT2D eigenvalue weighted by Crippen LogP contribution is 2.20. The first-order chi connectivity index (χ1) is 12.2.